The number of amides is 1. The third-order valence-electron chi connectivity index (χ3n) is 5.60. The number of methoxy groups -OCH3 is 1. The highest BCUT2D eigenvalue weighted by molar-refractivity contribution is 7.17. The van der Waals surface area contributed by atoms with Gasteiger partial charge in [-0.2, -0.15) is 0 Å². The molecule has 4 aromatic rings. The average Bonchev–Trinajstić information content (AvgIpc) is 3.18. The number of esters is 1. The summed E-state index contributed by atoms with van der Waals surface area (Å²) in [6.45, 7) is 1.91. The topological polar surface area (TPSA) is 55.4 Å². The fourth-order valence-corrected chi connectivity index (χ4v) is 5.22. The van der Waals surface area contributed by atoms with E-state index in [0.717, 1.165) is 28.8 Å². The number of rotatable bonds is 7. The second-order valence-corrected chi connectivity index (χ2v) is 9.50. The van der Waals surface area contributed by atoms with Crippen LogP contribution in [0.4, 0.5) is 5.00 Å². The summed E-state index contributed by atoms with van der Waals surface area (Å²) in [5.41, 5.74) is 4.60. The monoisotopic (exact) mass is 489 g/mol. The van der Waals surface area contributed by atoms with Crippen LogP contribution in [0.1, 0.15) is 36.7 Å². The molecule has 1 aromatic heterocycles. The van der Waals surface area contributed by atoms with E-state index in [0.29, 0.717) is 26.7 Å². The lowest BCUT2D eigenvalue weighted by atomic mass is 9.99. The lowest BCUT2D eigenvalue weighted by molar-refractivity contribution is 0.0603. The summed E-state index contributed by atoms with van der Waals surface area (Å²) in [5.74, 6) is -0.764. The predicted molar refractivity (Wildman–Crippen MR) is 139 cm³/mol. The van der Waals surface area contributed by atoms with Gasteiger partial charge < -0.3 is 10.1 Å². The molecule has 1 heterocycles. The van der Waals surface area contributed by atoms with Gasteiger partial charge in [-0.05, 0) is 54.7 Å². The first kappa shape index (κ1) is 23.7. The first-order valence-electron chi connectivity index (χ1n) is 10.9. The van der Waals surface area contributed by atoms with Crippen LogP contribution < -0.4 is 5.32 Å². The van der Waals surface area contributed by atoms with Gasteiger partial charge in [0.1, 0.15) is 10.6 Å². The molecule has 0 aliphatic carbocycles. The van der Waals surface area contributed by atoms with Gasteiger partial charge in [-0.3, -0.25) is 4.79 Å². The van der Waals surface area contributed by atoms with Crippen molar-refractivity contribution in [1.82, 2.24) is 0 Å². The Hall–Kier alpha value is -3.41. The Bertz CT molecular complexity index is 1330. The van der Waals surface area contributed by atoms with E-state index in [1.807, 2.05) is 61.5 Å². The number of benzene rings is 3. The van der Waals surface area contributed by atoms with Gasteiger partial charge in [0.15, 0.2) is 0 Å². The average molecular weight is 490 g/mol. The third-order valence-corrected chi connectivity index (χ3v) is 6.86. The molecule has 0 bridgehead atoms. The highest BCUT2D eigenvalue weighted by Gasteiger charge is 2.26. The number of halogens is 1. The van der Waals surface area contributed by atoms with Crippen LogP contribution in [0.15, 0.2) is 78.9 Å². The molecule has 1 N–H and O–H groups in total. The first-order valence-corrected chi connectivity index (χ1v) is 12.1. The molecule has 6 heteroatoms. The van der Waals surface area contributed by atoms with Crippen LogP contribution in [0.25, 0.3) is 11.1 Å². The van der Waals surface area contributed by atoms with Crippen molar-refractivity contribution < 1.29 is 14.3 Å². The minimum atomic E-state index is -0.507. The Morgan fingerprint density at radius 2 is 1.68 bits per heavy atom. The van der Waals surface area contributed by atoms with Gasteiger partial charge >= 0.3 is 5.97 Å². The molecule has 0 saturated heterocycles. The molecule has 0 unspecified atom stereocenters. The number of thiophene rings is 1. The van der Waals surface area contributed by atoms with Crippen LogP contribution in [0.3, 0.4) is 0 Å². The Balaban J connectivity index is 1.65. The van der Waals surface area contributed by atoms with Gasteiger partial charge in [0, 0.05) is 21.0 Å². The number of hydrogen-bond donors (Lipinski definition) is 1. The minimum Gasteiger partial charge on any atom is -0.465 e. The summed E-state index contributed by atoms with van der Waals surface area (Å²) in [4.78, 5) is 27.0. The summed E-state index contributed by atoms with van der Waals surface area (Å²) in [7, 11) is 1.33. The van der Waals surface area contributed by atoms with Crippen molar-refractivity contribution in [3.8, 4) is 11.1 Å². The van der Waals surface area contributed by atoms with Gasteiger partial charge in [0.25, 0.3) is 5.91 Å². The zero-order valence-electron chi connectivity index (χ0n) is 18.9. The van der Waals surface area contributed by atoms with Crippen LogP contribution in [-0.2, 0) is 17.6 Å². The maximum atomic E-state index is 13.3. The molecule has 0 aliphatic heterocycles. The molecule has 4 rings (SSSR count). The van der Waals surface area contributed by atoms with Gasteiger partial charge in [-0.15, -0.1) is 11.3 Å². The second-order valence-electron chi connectivity index (χ2n) is 7.84. The van der Waals surface area contributed by atoms with E-state index in [4.69, 9.17) is 16.3 Å². The van der Waals surface area contributed by atoms with E-state index < -0.39 is 5.97 Å². The van der Waals surface area contributed by atoms with Crippen molar-refractivity contribution in [3.63, 3.8) is 0 Å². The highest BCUT2D eigenvalue weighted by Crippen LogP contribution is 2.41. The number of nitrogens with one attached hydrogen (secondary N) is 1. The first-order chi connectivity index (χ1) is 16.5. The number of aryl methyl sites for hydroxylation is 3. The maximum absolute atomic E-state index is 13.3. The van der Waals surface area contributed by atoms with Crippen LogP contribution in [0, 0.1) is 6.92 Å². The van der Waals surface area contributed by atoms with Crippen LogP contribution in [-0.4, -0.2) is 19.0 Å². The van der Waals surface area contributed by atoms with E-state index in [-0.39, 0.29) is 5.91 Å². The molecule has 4 nitrogen and oxygen atoms in total. The summed E-state index contributed by atoms with van der Waals surface area (Å²) in [6, 6.07) is 25.0. The van der Waals surface area contributed by atoms with E-state index >= 15 is 0 Å². The maximum Gasteiger partial charge on any atom is 0.341 e. The number of ether oxygens (including phenoxy) is 1. The molecule has 172 valence electrons. The molecular weight excluding hydrogens is 466 g/mol. The largest absolute Gasteiger partial charge is 0.465 e. The Kier molecular flexibility index (Phi) is 7.46. The third kappa shape index (κ3) is 5.22. The van der Waals surface area contributed by atoms with Gasteiger partial charge in [-0.25, -0.2) is 4.79 Å². The number of carbonyl (C=O) groups excluding carboxylic acids is 2. The summed E-state index contributed by atoms with van der Waals surface area (Å²) >= 11 is 7.54. The number of carbonyl (C=O) groups is 2. The zero-order chi connectivity index (χ0) is 24.1. The Morgan fingerprint density at radius 1 is 0.941 bits per heavy atom. The van der Waals surface area contributed by atoms with Crippen molar-refractivity contribution in [2.45, 2.75) is 19.8 Å². The number of anilines is 1. The van der Waals surface area contributed by atoms with Gasteiger partial charge in [0.05, 0.1) is 7.11 Å². The smallest absolute Gasteiger partial charge is 0.341 e. The van der Waals surface area contributed by atoms with Crippen molar-refractivity contribution in [1.29, 1.82) is 0 Å². The molecule has 1 amide bonds. The molecule has 34 heavy (non-hydrogen) atoms. The predicted octanol–water partition coefficient (Wildman–Crippen LogP) is 7.20. The second kappa shape index (κ2) is 10.7. The standard InChI is InChI=1S/C28H24ClNO3S/c1-18-24(21-12-8-13-22(29)17-21)25(28(32)33-2)27(34-18)30-26(31)23-14-7-6-11-20(23)16-15-19-9-4-3-5-10-19/h3-14,17H,15-16H2,1-2H3,(H,30,31). The van der Waals surface area contributed by atoms with Crippen molar-refractivity contribution >= 4 is 39.8 Å². The highest BCUT2D eigenvalue weighted by atomic mass is 35.5. The summed E-state index contributed by atoms with van der Waals surface area (Å²) in [6.07, 6.45) is 1.56. The number of hydrogen-bond acceptors (Lipinski definition) is 4. The Morgan fingerprint density at radius 3 is 2.41 bits per heavy atom. The van der Waals surface area contributed by atoms with Gasteiger partial charge in [-0.1, -0.05) is 72.3 Å². The molecule has 0 atom stereocenters. The molecule has 3 aromatic carbocycles. The summed E-state index contributed by atoms with van der Waals surface area (Å²) in [5, 5.41) is 4.00. The van der Waals surface area contributed by atoms with Crippen molar-refractivity contribution in [2.75, 3.05) is 12.4 Å². The normalized spacial score (nSPS) is 10.7. The zero-order valence-corrected chi connectivity index (χ0v) is 20.5. The lowest BCUT2D eigenvalue weighted by Gasteiger charge is -2.11. The fourth-order valence-electron chi connectivity index (χ4n) is 3.98. The van der Waals surface area contributed by atoms with E-state index in [1.54, 1.807) is 12.1 Å². The molecule has 0 spiro atoms. The fraction of sp³-hybridized carbons (Fsp3) is 0.143. The van der Waals surface area contributed by atoms with Crippen molar-refractivity contribution in [2.24, 2.45) is 0 Å². The quantitative estimate of drug-likeness (QED) is 0.279. The molecular formula is C28H24ClNO3S. The van der Waals surface area contributed by atoms with Crippen LogP contribution in [0.5, 0.6) is 0 Å². The van der Waals surface area contributed by atoms with Crippen molar-refractivity contribution in [3.05, 3.63) is 111 Å². The molecule has 0 radical (unpaired) electrons. The Labute approximate surface area is 208 Å². The van der Waals surface area contributed by atoms with E-state index in [2.05, 4.69) is 17.4 Å². The summed E-state index contributed by atoms with van der Waals surface area (Å²) < 4.78 is 5.06. The van der Waals surface area contributed by atoms with E-state index in [1.165, 1.54) is 24.0 Å². The van der Waals surface area contributed by atoms with Gasteiger partial charge in [0.2, 0.25) is 0 Å². The molecule has 0 fully saturated rings. The minimum absolute atomic E-state index is 0.257. The SMILES string of the molecule is COC(=O)c1c(NC(=O)c2ccccc2CCc2ccccc2)sc(C)c1-c1cccc(Cl)c1. The molecule has 0 aliphatic rings. The lowest BCUT2D eigenvalue weighted by Crippen LogP contribution is -2.16. The van der Waals surface area contributed by atoms with Crippen LogP contribution in [0.2, 0.25) is 5.02 Å². The molecule has 0 saturated carbocycles. The van der Waals surface area contributed by atoms with Crippen LogP contribution >= 0.6 is 22.9 Å². The van der Waals surface area contributed by atoms with E-state index in [9.17, 15) is 9.59 Å².